The highest BCUT2D eigenvalue weighted by atomic mass is 19.4. The van der Waals surface area contributed by atoms with E-state index < -0.39 is 66.0 Å². The van der Waals surface area contributed by atoms with Crippen molar-refractivity contribution in [1.82, 2.24) is 9.88 Å². The van der Waals surface area contributed by atoms with E-state index in [2.05, 4.69) is 4.98 Å². The minimum atomic E-state index is -4.66. The summed E-state index contributed by atoms with van der Waals surface area (Å²) in [5.74, 6) is -1.76. The number of nitrogens with zero attached hydrogens (tertiary/aromatic N) is 2. The number of alkyl halides is 3. The van der Waals surface area contributed by atoms with Gasteiger partial charge in [0.2, 0.25) is 5.88 Å². The molecule has 1 aromatic heterocycles. The summed E-state index contributed by atoms with van der Waals surface area (Å²) in [5, 5.41) is 10.5. The summed E-state index contributed by atoms with van der Waals surface area (Å²) >= 11 is 0. The highest BCUT2D eigenvalue weighted by molar-refractivity contribution is 5.82. The van der Waals surface area contributed by atoms with E-state index in [0.29, 0.717) is 17.5 Å². The van der Waals surface area contributed by atoms with Crippen LogP contribution < -0.4 is 9.47 Å². The van der Waals surface area contributed by atoms with Crippen molar-refractivity contribution in [3.63, 3.8) is 0 Å². The number of hydrogen-bond acceptors (Lipinski definition) is 7. The second-order valence-corrected chi connectivity index (χ2v) is 11.8. The molecule has 9 nitrogen and oxygen atoms in total. The molecule has 1 amide bonds. The number of carboxylic acid groups (broad SMARTS) is 1. The molecule has 12 heteroatoms. The zero-order valence-corrected chi connectivity index (χ0v) is 25.1. The van der Waals surface area contributed by atoms with E-state index in [-0.39, 0.29) is 17.5 Å². The number of aromatic nitrogens is 1. The third-order valence-electron chi connectivity index (χ3n) is 6.88. The Balaban J connectivity index is 2.24. The van der Waals surface area contributed by atoms with Crippen molar-refractivity contribution in [2.45, 2.75) is 91.6 Å². The molecular weight excluding hydrogens is 557 g/mol. The van der Waals surface area contributed by atoms with Crippen LogP contribution in [-0.4, -0.2) is 58.5 Å². The number of carboxylic acids is 1. The molecule has 232 valence electrons. The van der Waals surface area contributed by atoms with Crippen LogP contribution >= 0.6 is 0 Å². The van der Waals surface area contributed by atoms with Gasteiger partial charge in [-0.25, -0.2) is 14.6 Å². The number of amides is 1. The van der Waals surface area contributed by atoms with Crippen molar-refractivity contribution in [3.05, 3.63) is 53.2 Å². The molecular formula is C30H39F3N2O7. The number of halogens is 3. The van der Waals surface area contributed by atoms with Gasteiger partial charge in [0.15, 0.2) is 0 Å². The first kappa shape index (κ1) is 33.0. The molecule has 2 heterocycles. The van der Waals surface area contributed by atoms with Gasteiger partial charge in [0.05, 0.1) is 43.6 Å². The Kier molecular flexibility index (Phi) is 10.0. The Labute approximate surface area is 243 Å². The summed E-state index contributed by atoms with van der Waals surface area (Å²) in [6.07, 6.45) is -6.67. The molecule has 0 spiro atoms. The van der Waals surface area contributed by atoms with Gasteiger partial charge < -0.3 is 24.1 Å². The molecule has 0 aliphatic carbocycles. The van der Waals surface area contributed by atoms with Gasteiger partial charge in [0.25, 0.3) is 0 Å². The fourth-order valence-corrected chi connectivity index (χ4v) is 5.34. The lowest BCUT2D eigenvalue weighted by atomic mass is 9.73. The highest BCUT2D eigenvalue weighted by Crippen LogP contribution is 2.51. The monoisotopic (exact) mass is 596 g/mol. The van der Waals surface area contributed by atoms with Gasteiger partial charge in [-0.15, -0.1) is 0 Å². The Hall–Kier alpha value is -3.54. The van der Waals surface area contributed by atoms with Crippen molar-refractivity contribution in [3.8, 4) is 11.6 Å². The average molecular weight is 597 g/mol. The normalized spacial score (nSPS) is 21.1. The molecule has 3 rings (SSSR count). The standard InChI is InChI=1S/C30H39F3N2O7/c1-16(2)41-21-12-10-9-11-20(21)23-25(40-15-18-13-19(30(31,32)33)14-34-26(18)39-8)22(29(5,6)7)24(27(36)37)35(23)28(38)42-17(3)4/h9-14,16-17,22-25H,15H2,1-8H3,(H,36,37)/t22-,23+,24+,25+/m1/s1. The third kappa shape index (κ3) is 7.26. The van der Waals surface area contributed by atoms with Gasteiger partial charge in [-0.1, -0.05) is 39.0 Å². The number of hydrogen-bond donors (Lipinski definition) is 1. The molecule has 1 N–H and O–H groups in total. The fraction of sp³-hybridized carbons (Fsp3) is 0.567. The lowest BCUT2D eigenvalue weighted by molar-refractivity contribution is -0.145. The molecule has 2 aromatic rings. The molecule has 42 heavy (non-hydrogen) atoms. The summed E-state index contributed by atoms with van der Waals surface area (Å²) in [4.78, 5) is 31.5. The van der Waals surface area contributed by atoms with Crippen LogP contribution in [-0.2, 0) is 27.1 Å². The summed E-state index contributed by atoms with van der Waals surface area (Å²) < 4.78 is 63.7. The van der Waals surface area contributed by atoms with E-state index in [1.54, 1.807) is 38.1 Å². The molecule has 1 aromatic carbocycles. The van der Waals surface area contributed by atoms with E-state index in [1.807, 2.05) is 34.6 Å². The molecule has 0 radical (unpaired) electrons. The Bertz CT molecular complexity index is 1260. The number of ether oxygens (including phenoxy) is 4. The second-order valence-electron chi connectivity index (χ2n) is 11.8. The van der Waals surface area contributed by atoms with Crippen LogP contribution in [0.25, 0.3) is 0 Å². The highest BCUT2D eigenvalue weighted by Gasteiger charge is 2.60. The van der Waals surface area contributed by atoms with Crippen LogP contribution in [0.3, 0.4) is 0 Å². The summed E-state index contributed by atoms with van der Waals surface area (Å²) in [7, 11) is 1.28. The maximum atomic E-state index is 13.6. The summed E-state index contributed by atoms with van der Waals surface area (Å²) in [6, 6.07) is 5.37. The molecule has 1 saturated heterocycles. The van der Waals surface area contributed by atoms with Gasteiger partial charge >= 0.3 is 18.2 Å². The van der Waals surface area contributed by atoms with Gasteiger partial charge in [0, 0.05) is 23.2 Å². The smallest absolute Gasteiger partial charge is 0.417 e. The zero-order valence-electron chi connectivity index (χ0n) is 25.1. The average Bonchev–Trinajstić information content (AvgIpc) is 3.22. The number of pyridine rings is 1. The number of rotatable bonds is 9. The molecule has 1 aliphatic heterocycles. The maximum Gasteiger partial charge on any atom is 0.417 e. The van der Waals surface area contributed by atoms with Crippen molar-refractivity contribution in [1.29, 1.82) is 0 Å². The Morgan fingerprint density at radius 2 is 1.71 bits per heavy atom. The SMILES string of the molecule is COc1ncc(C(F)(F)F)cc1CO[C@H]1[C@H](C(C)(C)C)[C@@H](C(=O)O)N(C(=O)OC(C)C)[C@H]1c1ccccc1OC(C)C. The quantitative estimate of drug-likeness (QED) is 0.350. The minimum Gasteiger partial charge on any atom is -0.491 e. The van der Waals surface area contributed by atoms with Crippen LogP contribution in [0.5, 0.6) is 11.6 Å². The number of para-hydroxylation sites is 1. The van der Waals surface area contributed by atoms with E-state index in [4.69, 9.17) is 18.9 Å². The predicted octanol–water partition coefficient (Wildman–Crippen LogP) is 6.50. The minimum absolute atomic E-state index is 0.0144. The largest absolute Gasteiger partial charge is 0.491 e. The lowest BCUT2D eigenvalue weighted by Crippen LogP contribution is -2.47. The van der Waals surface area contributed by atoms with E-state index in [9.17, 15) is 27.9 Å². The van der Waals surface area contributed by atoms with Gasteiger partial charge in [0.1, 0.15) is 11.8 Å². The molecule has 1 aliphatic rings. The fourth-order valence-electron chi connectivity index (χ4n) is 5.34. The van der Waals surface area contributed by atoms with Crippen LogP contribution in [0.4, 0.5) is 18.0 Å². The lowest BCUT2D eigenvalue weighted by Gasteiger charge is -2.35. The van der Waals surface area contributed by atoms with Crippen molar-refractivity contribution < 1.29 is 46.8 Å². The van der Waals surface area contributed by atoms with E-state index in [1.165, 1.54) is 7.11 Å². The van der Waals surface area contributed by atoms with E-state index >= 15 is 0 Å². The molecule has 4 atom stereocenters. The van der Waals surface area contributed by atoms with Crippen molar-refractivity contribution >= 4 is 12.1 Å². The first-order valence-corrected chi connectivity index (χ1v) is 13.7. The molecule has 0 bridgehead atoms. The van der Waals surface area contributed by atoms with Crippen molar-refractivity contribution in [2.75, 3.05) is 7.11 Å². The number of benzene rings is 1. The Morgan fingerprint density at radius 1 is 1.07 bits per heavy atom. The number of carbonyl (C=O) groups is 2. The molecule has 1 fully saturated rings. The second kappa shape index (κ2) is 12.8. The van der Waals surface area contributed by atoms with Gasteiger partial charge in [-0.05, 0) is 45.2 Å². The first-order chi connectivity index (χ1) is 19.5. The summed E-state index contributed by atoms with van der Waals surface area (Å²) in [5.41, 5.74) is -1.24. The van der Waals surface area contributed by atoms with Crippen LogP contribution in [0, 0.1) is 11.3 Å². The number of aliphatic carboxylic acids is 1. The number of carbonyl (C=O) groups excluding carboxylic acids is 1. The maximum absolute atomic E-state index is 13.6. The third-order valence-corrected chi connectivity index (χ3v) is 6.88. The number of methoxy groups -OCH3 is 1. The van der Waals surface area contributed by atoms with E-state index in [0.717, 1.165) is 11.0 Å². The number of likely N-dealkylation sites (tertiary alicyclic amines) is 1. The van der Waals surface area contributed by atoms with Gasteiger partial charge in [-0.2, -0.15) is 13.2 Å². The molecule has 0 saturated carbocycles. The zero-order chi connectivity index (χ0) is 31.6. The summed E-state index contributed by atoms with van der Waals surface area (Å²) in [6.45, 7) is 12.0. The topological polar surface area (TPSA) is 107 Å². The Morgan fingerprint density at radius 3 is 2.24 bits per heavy atom. The van der Waals surface area contributed by atoms with Gasteiger partial charge in [-0.3, -0.25) is 4.90 Å². The first-order valence-electron chi connectivity index (χ1n) is 13.7. The predicted molar refractivity (Wildman–Crippen MR) is 147 cm³/mol. The van der Waals surface area contributed by atoms with Crippen LogP contribution in [0.15, 0.2) is 36.5 Å². The van der Waals surface area contributed by atoms with Crippen molar-refractivity contribution in [2.24, 2.45) is 11.3 Å². The van der Waals surface area contributed by atoms with Crippen LogP contribution in [0.1, 0.15) is 71.2 Å². The van der Waals surface area contributed by atoms with Crippen LogP contribution in [0.2, 0.25) is 0 Å². The molecule has 0 unspecified atom stereocenters.